The van der Waals surface area contributed by atoms with Gasteiger partial charge in [-0.1, -0.05) is 35.1 Å². The number of anilines is 1. The first-order chi connectivity index (χ1) is 13.7. The van der Waals surface area contributed by atoms with Crippen molar-refractivity contribution in [2.45, 2.75) is 25.7 Å². The van der Waals surface area contributed by atoms with Gasteiger partial charge in [0.1, 0.15) is 6.33 Å². The number of aryl methyl sites for hydroxylation is 1. The second-order valence-corrected chi connectivity index (χ2v) is 8.91. The van der Waals surface area contributed by atoms with Crippen LogP contribution in [0.3, 0.4) is 0 Å². The van der Waals surface area contributed by atoms with E-state index in [2.05, 4.69) is 53.0 Å². The summed E-state index contributed by atoms with van der Waals surface area (Å²) in [6.07, 6.45) is 6.17. The van der Waals surface area contributed by atoms with Crippen LogP contribution in [0, 0.1) is 6.92 Å². The van der Waals surface area contributed by atoms with Gasteiger partial charge in [0.05, 0.1) is 16.3 Å². The molecule has 0 spiro atoms. The summed E-state index contributed by atoms with van der Waals surface area (Å²) in [6.45, 7) is 6.34. The largest absolute Gasteiger partial charge is 0.345 e. The van der Waals surface area contributed by atoms with Crippen molar-refractivity contribution in [1.29, 1.82) is 0 Å². The molecular weight excluding hydrogens is 366 g/mol. The number of hydrogen-bond acceptors (Lipinski definition) is 6. The third-order valence-corrected chi connectivity index (χ3v) is 6.78. The van der Waals surface area contributed by atoms with Crippen LogP contribution in [-0.4, -0.2) is 53.1 Å². The zero-order chi connectivity index (χ0) is 19.1. The quantitative estimate of drug-likeness (QED) is 0.667. The van der Waals surface area contributed by atoms with Crippen LogP contribution < -0.4 is 4.90 Å². The van der Waals surface area contributed by atoms with Gasteiger partial charge in [0, 0.05) is 43.5 Å². The van der Waals surface area contributed by atoms with Crippen LogP contribution in [0.25, 0.3) is 21.8 Å². The monoisotopic (exact) mass is 391 g/mol. The molecule has 2 aromatic heterocycles. The van der Waals surface area contributed by atoms with E-state index in [1.54, 1.807) is 17.7 Å². The Bertz CT molecular complexity index is 986. The first-order valence-corrected chi connectivity index (χ1v) is 10.8. The molecule has 0 unspecified atom stereocenters. The lowest BCUT2D eigenvalue weighted by atomic mass is 10.0. The normalized spacial score (nSPS) is 17.9. The van der Waals surface area contributed by atoms with Crippen LogP contribution in [0.15, 0.2) is 36.8 Å². The lowest BCUT2D eigenvalue weighted by Crippen LogP contribution is -2.44. The van der Waals surface area contributed by atoms with E-state index in [1.807, 2.05) is 6.20 Å². The molecule has 1 aliphatic heterocycles. The van der Waals surface area contributed by atoms with Gasteiger partial charge >= 0.3 is 0 Å². The number of nitrogens with zero attached hydrogens (tertiary/aromatic N) is 5. The molecule has 0 bridgehead atoms. The van der Waals surface area contributed by atoms with E-state index >= 15 is 0 Å². The molecule has 1 saturated carbocycles. The summed E-state index contributed by atoms with van der Waals surface area (Å²) in [6, 6.07) is 8.64. The molecule has 0 N–H and O–H groups in total. The molecule has 5 nitrogen and oxygen atoms in total. The van der Waals surface area contributed by atoms with Crippen molar-refractivity contribution in [3.63, 3.8) is 0 Å². The molecule has 3 heterocycles. The van der Waals surface area contributed by atoms with Gasteiger partial charge in [0.2, 0.25) is 0 Å². The van der Waals surface area contributed by atoms with Gasteiger partial charge in [-0.15, -0.1) is 0 Å². The van der Waals surface area contributed by atoms with E-state index in [9.17, 15) is 0 Å². The molecule has 1 saturated heterocycles. The fourth-order valence-electron chi connectivity index (χ4n) is 3.81. The van der Waals surface area contributed by atoms with Gasteiger partial charge in [0.15, 0.2) is 5.13 Å². The van der Waals surface area contributed by atoms with Gasteiger partial charge < -0.3 is 9.80 Å². The zero-order valence-electron chi connectivity index (χ0n) is 16.4. The van der Waals surface area contributed by atoms with Gasteiger partial charge in [-0.25, -0.2) is 15.0 Å². The molecule has 144 valence electrons. The van der Waals surface area contributed by atoms with Gasteiger partial charge in [-0.05, 0) is 38.8 Å². The number of piperazine rings is 1. The Hall–Kier alpha value is -2.31. The number of hydrogen-bond donors (Lipinski definition) is 0. The predicted octanol–water partition coefficient (Wildman–Crippen LogP) is 4.20. The molecule has 0 radical (unpaired) electrons. The maximum atomic E-state index is 5.13. The Balaban J connectivity index is 1.62. The molecule has 0 amide bonds. The first-order valence-electron chi connectivity index (χ1n) is 10.0. The van der Waals surface area contributed by atoms with Crippen LogP contribution >= 0.6 is 11.3 Å². The Morgan fingerprint density at radius 1 is 1.07 bits per heavy atom. The van der Waals surface area contributed by atoms with Crippen molar-refractivity contribution < 1.29 is 0 Å². The second kappa shape index (κ2) is 7.26. The highest BCUT2D eigenvalue weighted by molar-refractivity contribution is 7.19. The van der Waals surface area contributed by atoms with Crippen LogP contribution in [0.2, 0.25) is 0 Å². The van der Waals surface area contributed by atoms with Crippen LogP contribution in [0.4, 0.5) is 5.13 Å². The van der Waals surface area contributed by atoms with Crippen molar-refractivity contribution in [2.75, 3.05) is 38.1 Å². The van der Waals surface area contributed by atoms with Gasteiger partial charge in [-0.2, -0.15) is 0 Å². The number of thiazole rings is 1. The van der Waals surface area contributed by atoms with Crippen molar-refractivity contribution >= 4 is 16.5 Å². The summed E-state index contributed by atoms with van der Waals surface area (Å²) in [4.78, 5) is 20.1. The summed E-state index contributed by atoms with van der Waals surface area (Å²) in [5.41, 5.74) is 5.84. The summed E-state index contributed by atoms with van der Waals surface area (Å²) >= 11 is 1.79. The van der Waals surface area contributed by atoms with Crippen LogP contribution in [0.1, 0.15) is 29.9 Å². The maximum absolute atomic E-state index is 5.13. The van der Waals surface area contributed by atoms with E-state index in [-0.39, 0.29) is 0 Å². The number of aromatic nitrogens is 3. The van der Waals surface area contributed by atoms with Crippen LogP contribution in [0.5, 0.6) is 0 Å². The molecule has 28 heavy (non-hydrogen) atoms. The van der Waals surface area contributed by atoms with E-state index in [0.29, 0.717) is 5.92 Å². The summed E-state index contributed by atoms with van der Waals surface area (Å²) < 4.78 is 0. The number of likely N-dealkylation sites (N-methyl/N-ethyl adjacent to an activating group) is 1. The van der Waals surface area contributed by atoms with E-state index < -0.39 is 0 Å². The highest BCUT2D eigenvalue weighted by Crippen LogP contribution is 2.47. The predicted molar refractivity (Wildman–Crippen MR) is 115 cm³/mol. The van der Waals surface area contributed by atoms with Crippen molar-refractivity contribution in [1.82, 2.24) is 19.9 Å². The Morgan fingerprint density at radius 3 is 2.64 bits per heavy atom. The topological polar surface area (TPSA) is 45.2 Å². The van der Waals surface area contributed by atoms with Gasteiger partial charge in [0.25, 0.3) is 0 Å². The van der Waals surface area contributed by atoms with E-state index in [1.165, 1.54) is 34.4 Å². The van der Waals surface area contributed by atoms with Crippen molar-refractivity contribution in [3.05, 3.63) is 47.9 Å². The Morgan fingerprint density at radius 2 is 1.89 bits per heavy atom. The fourth-order valence-corrected chi connectivity index (χ4v) is 4.97. The minimum absolute atomic E-state index is 0.607. The highest BCUT2D eigenvalue weighted by Gasteiger charge is 2.30. The first kappa shape index (κ1) is 17.8. The summed E-state index contributed by atoms with van der Waals surface area (Å²) in [5.74, 6) is 0.607. The Labute approximate surface area is 170 Å². The average molecular weight is 392 g/mol. The minimum atomic E-state index is 0.607. The average Bonchev–Trinajstić information content (AvgIpc) is 3.47. The van der Waals surface area contributed by atoms with E-state index in [4.69, 9.17) is 9.97 Å². The highest BCUT2D eigenvalue weighted by atomic mass is 32.1. The molecule has 2 aliphatic rings. The fraction of sp³-hybridized carbons (Fsp3) is 0.409. The number of benzene rings is 1. The standard InChI is InChI=1S/C22H25N5S/c1-15-4-3-5-17(12-15)19-21(20-18(16-6-7-16)13-23-14-24-20)28-22(25-19)27-10-8-26(2)9-11-27/h3-5,12-14,16H,6-11H2,1-2H3. The maximum Gasteiger partial charge on any atom is 0.186 e. The molecule has 5 rings (SSSR count). The lowest BCUT2D eigenvalue weighted by molar-refractivity contribution is 0.313. The summed E-state index contributed by atoms with van der Waals surface area (Å²) in [7, 11) is 2.19. The second-order valence-electron chi connectivity index (χ2n) is 7.93. The van der Waals surface area contributed by atoms with Gasteiger partial charge in [-0.3, -0.25) is 0 Å². The molecule has 1 aromatic carbocycles. The Kier molecular flexibility index (Phi) is 4.61. The zero-order valence-corrected chi connectivity index (χ0v) is 17.2. The molecule has 2 fully saturated rings. The third-order valence-electron chi connectivity index (χ3n) is 5.65. The molecular formula is C22H25N5S. The van der Waals surface area contributed by atoms with E-state index in [0.717, 1.165) is 42.7 Å². The molecule has 6 heteroatoms. The van der Waals surface area contributed by atoms with Crippen LogP contribution in [-0.2, 0) is 0 Å². The smallest absolute Gasteiger partial charge is 0.186 e. The van der Waals surface area contributed by atoms with Crippen molar-refractivity contribution in [3.8, 4) is 21.8 Å². The van der Waals surface area contributed by atoms with Crippen molar-refractivity contribution in [2.24, 2.45) is 0 Å². The SMILES string of the molecule is Cc1cccc(-c2nc(N3CCN(C)CC3)sc2-c2ncncc2C2CC2)c1. The number of rotatable bonds is 4. The molecule has 0 atom stereocenters. The molecule has 3 aromatic rings. The third kappa shape index (κ3) is 3.42. The minimum Gasteiger partial charge on any atom is -0.345 e. The summed E-state index contributed by atoms with van der Waals surface area (Å²) in [5, 5.41) is 1.11. The lowest BCUT2D eigenvalue weighted by Gasteiger charge is -2.32. The molecule has 1 aliphatic carbocycles.